The topological polar surface area (TPSA) is 95.4 Å². The number of amides is 1. The highest BCUT2D eigenvalue weighted by atomic mass is 16.6. The van der Waals surface area contributed by atoms with E-state index in [-0.39, 0.29) is 11.9 Å². The van der Waals surface area contributed by atoms with Crippen LogP contribution < -0.4 is 14.2 Å². The average molecular weight is 655 g/mol. The molecule has 0 radical (unpaired) electrons. The molecule has 0 fully saturated rings. The molecule has 4 aromatic rings. The normalized spacial score (nSPS) is 14.6. The number of imidazole rings is 1. The lowest BCUT2D eigenvalue weighted by Gasteiger charge is -2.38. The standard InChI is InChI=1S/C38H46N4O6/c1-9-40(10-2)36(43)27-16-14-26(15-17-27)35-31-22-34(47-30-13-11-12-29(21-30)45-7)33(46-8)20-28(31)18-19-41(35)23-32-25(3)42(24-39-32)37(44)48-38(4,5)6/h11-17,20-22,24,35H,9-10,18-19,23H2,1-8H3. The van der Waals surface area contributed by atoms with Gasteiger partial charge in [0.25, 0.3) is 5.91 Å². The molecule has 1 aliphatic heterocycles. The summed E-state index contributed by atoms with van der Waals surface area (Å²) in [5, 5.41) is 0. The van der Waals surface area contributed by atoms with Crippen LogP contribution in [0, 0.1) is 6.92 Å². The average Bonchev–Trinajstić information content (AvgIpc) is 3.43. The Hall–Kier alpha value is -4.83. The minimum absolute atomic E-state index is 0.00877. The number of rotatable bonds is 10. The van der Waals surface area contributed by atoms with Crippen LogP contribution in [-0.4, -0.2) is 70.8 Å². The smallest absolute Gasteiger partial charge is 0.420 e. The third kappa shape index (κ3) is 7.49. The molecular formula is C38H46N4O6. The van der Waals surface area contributed by atoms with E-state index in [0.29, 0.717) is 48.2 Å². The zero-order valence-corrected chi connectivity index (χ0v) is 29.2. The van der Waals surface area contributed by atoms with E-state index in [1.165, 1.54) is 10.9 Å². The Morgan fingerprint density at radius 2 is 1.65 bits per heavy atom. The zero-order valence-electron chi connectivity index (χ0n) is 29.2. The van der Waals surface area contributed by atoms with Crippen LogP contribution in [0.5, 0.6) is 23.0 Å². The molecule has 254 valence electrons. The summed E-state index contributed by atoms with van der Waals surface area (Å²) in [6.45, 7) is 13.9. The molecule has 5 rings (SSSR count). The number of benzene rings is 3. The van der Waals surface area contributed by atoms with E-state index in [1.54, 1.807) is 14.2 Å². The van der Waals surface area contributed by atoms with Crippen LogP contribution in [0.3, 0.4) is 0 Å². The van der Waals surface area contributed by atoms with E-state index < -0.39 is 11.7 Å². The summed E-state index contributed by atoms with van der Waals surface area (Å²) < 4.78 is 24.7. The van der Waals surface area contributed by atoms with Gasteiger partial charge in [0.1, 0.15) is 23.4 Å². The molecule has 1 atom stereocenters. The maximum absolute atomic E-state index is 13.1. The van der Waals surface area contributed by atoms with E-state index >= 15 is 0 Å². The van der Waals surface area contributed by atoms with Gasteiger partial charge in [-0.05, 0) is 101 Å². The minimum atomic E-state index is -0.625. The number of hydrogen-bond acceptors (Lipinski definition) is 8. The third-order valence-electron chi connectivity index (χ3n) is 8.60. The van der Waals surface area contributed by atoms with E-state index in [2.05, 4.69) is 16.0 Å². The summed E-state index contributed by atoms with van der Waals surface area (Å²) in [6, 6.07) is 19.2. The van der Waals surface area contributed by atoms with Crippen LogP contribution in [0.15, 0.2) is 67.0 Å². The van der Waals surface area contributed by atoms with E-state index in [0.717, 1.165) is 41.0 Å². The molecule has 10 heteroatoms. The third-order valence-corrected chi connectivity index (χ3v) is 8.60. The highest BCUT2D eigenvalue weighted by Crippen LogP contribution is 2.43. The van der Waals surface area contributed by atoms with Crippen LogP contribution in [0.25, 0.3) is 0 Å². The summed E-state index contributed by atoms with van der Waals surface area (Å²) in [4.78, 5) is 34.9. The lowest BCUT2D eigenvalue weighted by molar-refractivity contribution is 0.0533. The molecule has 0 aliphatic carbocycles. The summed E-state index contributed by atoms with van der Waals surface area (Å²) in [6.07, 6.45) is 1.84. The lowest BCUT2D eigenvalue weighted by atomic mass is 9.87. The number of methoxy groups -OCH3 is 2. The highest BCUT2D eigenvalue weighted by molar-refractivity contribution is 5.94. The van der Waals surface area contributed by atoms with Gasteiger partial charge in [-0.2, -0.15) is 0 Å². The monoisotopic (exact) mass is 654 g/mol. The van der Waals surface area contributed by atoms with E-state index in [4.69, 9.17) is 18.9 Å². The zero-order chi connectivity index (χ0) is 34.6. The predicted molar refractivity (Wildman–Crippen MR) is 184 cm³/mol. The van der Waals surface area contributed by atoms with Crippen molar-refractivity contribution in [2.24, 2.45) is 0 Å². The number of ether oxygens (including phenoxy) is 4. The Morgan fingerprint density at radius 3 is 2.29 bits per heavy atom. The van der Waals surface area contributed by atoms with Gasteiger partial charge in [-0.1, -0.05) is 18.2 Å². The molecular weight excluding hydrogens is 608 g/mol. The van der Waals surface area contributed by atoms with Gasteiger partial charge >= 0.3 is 6.09 Å². The summed E-state index contributed by atoms with van der Waals surface area (Å²) in [5.41, 5.74) is 4.76. The Balaban J connectivity index is 1.55. The molecule has 0 saturated heterocycles. The van der Waals surface area contributed by atoms with Crippen LogP contribution >= 0.6 is 0 Å². The summed E-state index contributed by atoms with van der Waals surface area (Å²) in [5.74, 6) is 2.54. The second kappa shape index (κ2) is 14.5. The van der Waals surface area contributed by atoms with Gasteiger partial charge in [0.2, 0.25) is 0 Å². The largest absolute Gasteiger partial charge is 0.497 e. The Kier molecular flexibility index (Phi) is 10.4. The van der Waals surface area contributed by atoms with E-state index in [1.807, 2.05) is 101 Å². The SMILES string of the molecule is CCN(CC)C(=O)c1ccc(C2c3cc(Oc4cccc(OC)c4)c(OC)cc3CCN2Cc2ncn(C(=O)OC(C)(C)C)c2C)cc1. The number of carbonyl (C=O) groups excluding carboxylic acids is 2. The van der Waals surface area contributed by atoms with Gasteiger partial charge in [0.05, 0.1) is 31.6 Å². The van der Waals surface area contributed by atoms with Gasteiger partial charge in [-0.25, -0.2) is 14.3 Å². The second-order valence-corrected chi connectivity index (χ2v) is 12.8. The van der Waals surface area contributed by atoms with Crippen LogP contribution in [-0.2, 0) is 17.7 Å². The molecule has 48 heavy (non-hydrogen) atoms. The molecule has 0 N–H and O–H groups in total. The van der Waals surface area contributed by atoms with Gasteiger partial charge in [-0.15, -0.1) is 0 Å². The van der Waals surface area contributed by atoms with Crippen molar-refractivity contribution in [3.05, 3.63) is 101 Å². The Bertz CT molecular complexity index is 1750. The first-order valence-electron chi connectivity index (χ1n) is 16.4. The van der Waals surface area contributed by atoms with Crippen molar-refractivity contribution in [2.45, 2.75) is 66.2 Å². The first kappa shape index (κ1) is 34.5. The van der Waals surface area contributed by atoms with Crippen molar-refractivity contribution >= 4 is 12.0 Å². The molecule has 1 aromatic heterocycles. The molecule has 0 saturated carbocycles. The number of aromatic nitrogens is 2. The van der Waals surface area contributed by atoms with Crippen molar-refractivity contribution in [1.29, 1.82) is 0 Å². The number of hydrogen-bond donors (Lipinski definition) is 0. The molecule has 10 nitrogen and oxygen atoms in total. The fourth-order valence-corrected chi connectivity index (χ4v) is 6.06. The molecule has 1 aliphatic rings. The Labute approximate surface area is 283 Å². The fraction of sp³-hybridized carbons (Fsp3) is 0.395. The van der Waals surface area contributed by atoms with Gasteiger partial charge in [0, 0.05) is 37.8 Å². The second-order valence-electron chi connectivity index (χ2n) is 12.8. The van der Waals surface area contributed by atoms with Gasteiger partial charge in [0.15, 0.2) is 11.5 Å². The van der Waals surface area contributed by atoms with Gasteiger partial charge < -0.3 is 23.8 Å². The first-order valence-corrected chi connectivity index (χ1v) is 16.4. The van der Waals surface area contributed by atoms with Crippen molar-refractivity contribution in [1.82, 2.24) is 19.4 Å². The van der Waals surface area contributed by atoms with E-state index in [9.17, 15) is 9.59 Å². The molecule has 0 bridgehead atoms. The van der Waals surface area contributed by atoms with Crippen molar-refractivity contribution in [3.8, 4) is 23.0 Å². The predicted octanol–water partition coefficient (Wildman–Crippen LogP) is 7.41. The number of nitrogens with zero attached hydrogens (tertiary/aromatic N) is 4. The Morgan fingerprint density at radius 1 is 0.938 bits per heavy atom. The maximum Gasteiger partial charge on any atom is 0.420 e. The molecule has 0 spiro atoms. The number of carbonyl (C=O) groups is 2. The van der Waals surface area contributed by atoms with Crippen molar-refractivity contribution < 1.29 is 28.5 Å². The van der Waals surface area contributed by atoms with Crippen molar-refractivity contribution in [2.75, 3.05) is 33.9 Å². The first-order chi connectivity index (χ1) is 23.0. The van der Waals surface area contributed by atoms with Crippen molar-refractivity contribution in [3.63, 3.8) is 0 Å². The van der Waals surface area contributed by atoms with Crippen LogP contribution in [0.2, 0.25) is 0 Å². The summed E-state index contributed by atoms with van der Waals surface area (Å²) in [7, 11) is 3.26. The molecule has 1 amide bonds. The highest BCUT2D eigenvalue weighted by Gasteiger charge is 2.32. The van der Waals surface area contributed by atoms with Gasteiger partial charge in [-0.3, -0.25) is 9.69 Å². The number of fused-ring (bicyclic) bond motifs is 1. The quantitative estimate of drug-likeness (QED) is 0.174. The van der Waals surface area contributed by atoms with Crippen LogP contribution in [0.4, 0.5) is 4.79 Å². The molecule has 1 unspecified atom stereocenters. The van der Waals surface area contributed by atoms with Crippen LogP contribution in [0.1, 0.15) is 79.1 Å². The molecule has 2 heterocycles. The molecule has 3 aromatic carbocycles. The minimum Gasteiger partial charge on any atom is -0.497 e. The lowest BCUT2D eigenvalue weighted by Crippen LogP contribution is -2.36. The summed E-state index contributed by atoms with van der Waals surface area (Å²) >= 11 is 0. The maximum atomic E-state index is 13.1. The fourth-order valence-electron chi connectivity index (χ4n) is 6.06.